The van der Waals surface area contributed by atoms with Gasteiger partial charge in [0.05, 0.1) is 17.8 Å². The predicted molar refractivity (Wildman–Crippen MR) is 106 cm³/mol. The van der Waals surface area contributed by atoms with Gasteiger partial charge < -0.3 is 24.7 Å². The Morgan fingerprint density at radius 1 is 1.32 bits per heavy atom. The van der Waals surface area contributed by atoms with Crippen LogP contribution in [0.15, 0.2) is 23.4 Å². The van der Waals surface area contributed by atoms with E-state index in [0.717, 1.165) is 13.1 Å². The second kappa shape index (κ2) is 8.79. The summed E-state index contributed by atoms with van der Waals surface area (Å²) in [6.07, 6.45) is -0.520. The van der Waals surface area contributed by atoms with Crippen LogP contribution in [0.1, 0.15) is 18.9 Å². The number of amides is 2. The first-order valence-corrected chi connectivity index (χ1v) is 9.61. The van der Waals surface area contributed by atoms with Gasteiger partial charge in [-0.05, 0) is 32.2 Å². The van der Waals surface area contributed by atoms with Crippen LogP contribution in [0.25, 0.3) is 0 Å². The molecule has 2 amide bonds. The lowest BCUT2D eigenvalue weighted by Crippen LogP contribution is -2.54. The number of hydrogen-bond donors (Lipinski definition) is 1. The summed E-state index contributed by atoms with van der Waals surface area (Å²) in [5.41, 5.74) is 1.24. The highest BCUT2D eigenvalue weighted by Crippen LogP contribution is 2.27. The average molecular weight is 409 g/mol. The molecule has 0 saturated carbocycles. The summed E-state index contributed by atoms with van der Waals surface area (Å²) in [6.45, 7) is 4.68. The molecule has 0 unspecified atom stereocenters. The second-order valence-electron chi connectivity index (χ2n) is 7.04. The summed E-state index contributed by atoms with van der Waals surface area (Å²) in [6, 6.07) is 4.59. The van der Waals surface area contributed by atoms with Crippen LogP contribution in [0.4, 0.5) is 0 Å². The summed E-state index contributed by atoms with van der Waals surface area (Å²) >= 11 is 6.24. The number of methoxy groups -OCH3 is 1. The monoisotopic (exact) mass is 408 g/mol. The maximum absolute atomic E-state index is 12.5. The molecule has 2 aliphatic rings. The van der Waals surface area contributed by atoms with Gasteiger partial charge in [-0.15, -0.1) is 0 Å². The Morgan fingerprint density at radius 2 is 2.04 bits per heavy atom. The molecule has 1 saturated heterocycles. The van der Waals surface area contributed by atoms with E-state index < -0.39 is 12.1 Å². The summed E-state index contributed by atoms with van der Waals surface area (Å²) in [5.74, 6) is 0.186. The molecule has 2 atom stereocenters. The van der Waals surface area contributed by atoms with Crippen molar-refractivity contribution in [2.24, 2.45) is 5.16 Å². The third kappa shape index (κ3) is 4.56. The highest BCUT2D eigenvalue weighted by atomic mass is 35.5. The molecule has 1 N–H and O–H groups in total. The second-order valence-corrected chi connectivity index (χ2v) is 7.45. The van der Waals surface area contributed by atoms with E-state index in [1.165, 1.54) is 0 Å². The Hall–Kier alpha value is -2.32. The maximum atomic E-state index is 12.5. The standard InChI is InChI=1S/C19H25ClN4O4/c1-12(19(26)24-8-6-23(2)7-9-24)21-18(25)17-11-16(22-28-17)14-10-13(27-3)4-5-15(14)20/h4-5,10,12,17H,6-9,11H2,1-3H3,(H,21,25)/t12-,17+/m0/s1. The van der Waals surface area contributed by atoms with Crippen LogP contribution >= 0.6 is 11.6 Å². The minimum Gasteiger partial charge on any atom is -0.497 e. The molecule has 1 aromatic carbocycles. The summed E-state index contributed by atoms with van der Waals surface area (Å²) < 4.78 is 5.21. The molecule has 0 aliphatic carbocycles. The molecule has 0 bridgehead atoms. The summed E-state index contributed by atoms with van der Waals surface area (Å²) in [5, 5.41) is 7.25. The van der Waals surface area contributed by atoms with E-state index in [-0.39, 0.29) is 18.2 Å². The Morgan fingerprint density at radius 3 is 2.71 bits per heavy atom. The number of nitrogens with zero attached hydrogens (tertiary/aromatic N) is 3. The number of halogens is 1. The number of nitrogens with one attached hydrogen (secondary N) is 1. The van der Waals surface area contributed by atoms with Gasteiger partial charge in [0.1, 0.15) is 11.8 Å². The van der Waals surface area contributed by atoms with Gasteiger partial charge in [-0.25, -0.2) is 0 Å². The van der Waals surface area contributed by atoms with Crippen LogP contribution in [0.3, 0.4) is 0 Å². The topological polar surface area (TPSA) is 83.5 Å². The van der Waals surface area contributed by atoms with Crippen LogP contribution in [-0.2, 0) is 14.4 Å². The van der Waals surface area contributed by atoms with Crippen molar-refractivity contribution in [3.63, 3.8) is 0 Å². The normalized spacial score (nSPS) is 20.9. The van der Waals surface area contributed by atoms with Crippen molar-refractivity contribution in [1.29, 1.82) is 0 Å². The van der Waals surface area contributed by atoms with E-state index in [0.29, 0.717) is 35.1 Å². The van der Waals surface area contributed by atoms with Gasteiger partial charge in [0.2, 0.25) is 12.0 Å². The third-order valence-corrected chi connectivity index (χ3v) is 5.32. The first-order valence-electron chi connectivity index (χ1n) is 9.23. The number of oxime groups is 1. The maximum Gasteiger partial charge on any atom is 0.264 e. The zero-order valence-corrected chi connectivity index (χ0v) is 17.0. The minimum absolute atomic E-state index is 0.0866. The zero-order chi connectivity index (χ0) is 20.3. The molecule has 2 aliphatic heterocycles. The fourth-order valence-electron chi connectivity index (χ4n) is 3.20. The zero-order valence-electron chi connectivity index (χ0n) is 16.3. The molecule has 9 heteroatoms. The Balaban J connectivity index is 1.56. The number of hydrogen-bond acceptors (Lipinski definition) is 6. The Labute approximate surface area is 169 Å². The largest absolute Gasteiger partial charge is 0.497 e. The third-order valence-electron chi connectivity index (χ3n) is 4.99. The number of benzene rings is 1. The van der Waals surface area contributed by atoms with Gasteiger partial charge in [0.15, 0.2) is 0 Å². The molecule has 152 valence electrons. The number of carbonyl (C=O) groups excluding carboxylic acids is 2. The number of rotatable bonds is 5. The fourth-order valence-corrected chi connectivity index (χ4v) is 3.42. The lowest BCUT2D eigenvalue weighted by atomic mass is 10.0. The molecule has 28 heavy (non-hydrogen) atoms. The van der Waals surface area contributed by atoms with Crippen molar-refractivity contribution in [1.82, 2.24) is 15.1 Å². The molecule has 1 fully saturated rings. The highest BCUT2D eigenvalue weighted by molar-refractivity contribution is 6.34. The first-order chi connectivity index (χ1) is 13.4. The van der Waals surface area contributed by atoms with E-state index in [2.05, 4.69) is 15.4 Å². The van der Waals surface area contributed by atoms with Gasteiger partial charge in [-0.3, -0.25) is 9.59 Å². The van der Waals surface area contributed by atoms with E-state index in [1.807, 2.05) is 7.05 Å². The van der Waals surface area contributed by atoms with Crippen molar-refractivity contribution in [2.75, 3.05) is 40.3 Å². The smallest absolute Gasteiger partial charge is 0.264 e. The van der Waals surface area contributed by atoms with E-state index in [1.54, 1.807) is 37.1 Å². The molecule has 1 aromatic rings. The number of carbonyl (C=O) groups is 2. The fraction of sp³-hybridized carbons (Fsp3) is 0.526. The molecule has 3 rings (SSSR count). The summed E-state index contributed by atoms with van der Waals surface area (Å²) in [4.78, 5) is 34.3. The van der Waals surface area contributed by atoms with Gasteiger partial charge >= 0.3 is 0 Å². The summed E-state index contributed by atoms with van der Waals surface area (Å²) in [7, 11) is 3.59. The molecule has 2 heterocycles. The van der Waals surface area contributed by atoms with Crippen molar-refractivity contribution in [3.8, 4) is 5.75 Å². The molecule has 0 spiro atoms. The lowest BCUT2D eigenvalue weighted by molar-refractivity contribution is -0.140. The van der Waals surface area contributed by atoms with Crippen LogP contribution in [0, 0.1) is 0 Å². The van der Waals surface area contributed by atoms with Crippen molar-refractivity contribution >= 4 is 29.1 Å². The number of piperazine rings is 1. The first kappa shape index (κ1) is 20.4. The van der Waals surface area contributed by atoms with Crippen LogP contribution in [-0.4, -0.2) is 79.8 Å². The SMILES string of the molecule is COc1ccc(Cl)c(C2=NO[C@@H](C(=O)N[C@@H](C)C(=O)N3CCN(C)CC3)C2)c1. The molecule has 8 nitrogen and oxygen atoms in total. The van der Waals surface area contributed by atoms with Crippen molar-refractivity contribution in [2.45, 2.75) is 25.5 Å². The number of ether oxygens (including phenoxy) is 1. The van der Waals surface area contributed by atoms with Crippen LogP contribution in [0.2, 0.25) is 5.02 Å². The van der Waals surface area contributed by atoms with Crippen molar-refractivity contribution < 1.29 is 19.2 Å². The Bertz CT molecular complexity index is 777. The van der Waals surface area contributed by atoms with E-state index in [4.69, 9.17) is 21.2 Å². The Kier molecular flexibility index (Phi) is 6.41. The highest BCUT2D eigenvalue weighted by Gasteiger charge is 2.33. The molecular weight excluding hydrogens is 384 g/mol. The van der Waals surface area contributed by atoms with Gasteiger partial charge in [0, 0.05) is 38.2 Å². The lowest BCUT2D eigenvalue weighted by Gasteiger charge is -2.34. The van der Waals surface area contributed by atoms with E-state index >= 15 is 0 Å². The van der Waals surface area contributed by atoms with Crippen LogP contribution < -0.4 is 10.1 Å². The molecule has 0 radical (unpaired) electrons. The van der Waals surface area contributed by atoms with Crippen molar-refractivity contribution in [3.05, 3.63) is 28.8 Å². The van der Waals surface area contributed by atoms with Gasteiger partial charge in [-0.2, -0.15) is 0 Å². The average Bonchev–Trinajstić information content (AvgIpc) is 3.18. The molecule has 0 aromatic heterocycles. The van der Waals surface area contributed by atoms with Gasteiger partial charge in [0.25, 0.3) is 5.91 Å². The van der Waals surface area contributed by atoms with Crippen LogP contribution in [0.5, 0.6) is 5.75 Å². The van der Waals surface area contributed by atoms with Gasteiger partial charge in [-0.1, -0.05) is 16.8 Å². The molecular formula is C19H25ClN4O4. The predicted octanol–water partition coefficient (Wildman–Crippen LogP) is 1.12. The quantitative estimate of drug-likeness (QED) is 0.789. The van der Waals surface area contributed by atoms with E-state index in [9.17, 15) is 9.59 Å². The minimum atomic E-state index is -0.792. The number of likely N-dealkylation sites (N-methyl/N-ethyl adjacent to an activating group) is 1.